The number of anilines is 1. The van der Waals surface area contributed by atoms with E-state index in [9.17, 15) is 8.42 Å². The number of nitrogens with one attached hydrogen (secondary N) is 1. The molecule has 0 atom stereocenters. The smallest absolute Gasteiger partial charge is 0.248 e. The van der Waals surface area contributed by atoms with Gasteiger partial charge in [-0.25, -0.2) is 8.42 Å². The number of pyridine rings is 1. The quantitative estimate of drug-likeness (QED) is 0.756. The fourth-order valence-electron chi connectivity index (χ4n) is 1.78. The lowest BCUT2D eigenvalue weighted by atomic mass is 10.3. The van der Waals surface area contributed by atoms with Crippen LogP contribution in [0.3, 0.4) is 0 Å². The number of hydrogen-bond donors (Lipinski definition) is 2. The first-order valence-electron chi connectivity index (χ1n) is 6.23. The average Bonchev–Trinajstić information content (AvgIpc) is 2.91. The fourth-order valence-corrected chi connectivity index (χ4v) is 3.18. The van der Waals surface area contributed by atoms with Crippen molar-refractivity contribution in [2.24, 2.45) is 0 Å². The summed E-state index contributed by atoms with van der Waals surface area (Å²) in [4.78, 5) is 4.10. The van der Waals surface area contributed by atoms with Crippen molar-refractivity contribution in [1.29, 1.82) is 0 Å². The van der Waals surface area contributed by atoms with Crippen LogP contribution in [0.2, 0.25) is 0 Å². The lowest BCUT2D eigenvalue weighted by Gasteiger charge is -2.21. The molecule has 8 nitrogen and oxygen atoms in total. The second-order valence-corrected chi connectivity index (χ2v) is 6.21. The Morgan fingerprint density at radius 3 is 2.81 bits per heavy atom. The molecular formula is C12H17N5O3S. The molecule has 0 radical (unpaired) electrons. The second-order valence-electron chi connectivity index (χ2n) is 4.30. The number of nitrogens with two attached hydrogens (primary N) is 1. The summed E-state index contributed by atoms with van der Waals surface area (Å²) in [5.74, 6) is 0.0124. The summed E-state index contributed by atoms with van der Waals surface area (Å²) in [7, 11) is -2.25. The molecule has 0 amide bonds. The Morgan fingerprint density at radius 2 is 2.24 bits per heavy atom. The number of ether oxygens (including phenoxy) is 1. The minimum absolute atomic E-state index is 0.0124. The zero-order chi connectivity index (χ0) is 15.3. The molecule has 2 rings (SSSR count). The molecule has 0 aliphatic rings. The number of methoxy groups -OCH3 is 1. The average molecular weight is 311 g/mol. The Kier molecular flexibility index (Phi) is 4.89. The van der Waals surface area contributed by atoms with Crippen LogP contribution in [0.4, 0.5) is 5.82 Å². The van der Waals surface area contributed by atoms with E-state index in [2.05, 4.69) is 15.2 Å². The predicted octanol–water partition coefficient (Wildman–Crippen LogP) is 0.224. The topological polar surface area (TPSA) is 114 Å². The molecule has 0 aromatic carbocycles. The predicted molar refractivity (Wildman–Crippen MR) is 76.7 cm³/mol. The van der Waals surface area contributed by atoms with Crippen molar-refractivity contribution >= 4 is 15.8 Å². The second kappa shape index (κ2) is 6.66. The molecule has 2 aromatic heterocycles. The number of hydrogen-bond acceptors (Lipinski definition) is 6. The van der Waals surface area contributed by atoms with Crippen molar-refractivity contribution in [2.45, 2.75) is 11.4 Å². The first kappa shape index (κ1) is 15.4. The lowest BCUT2D eigenvalue weighted by molar-refractivity contribution is 0.177. The van der Waals surface area contributed by atoms with Crippen molar-refractivity contribution < 1.29 is 13.2 Å². The largest absolute Gasteiger partial charge is 0.383 e. The molecule has 3 N–H and O–H groups in total. The molecule has 0 aliphatic heterocycles. The van der Waals surface area contributed by atoms with Gasteiger partial charge in [0.2, 0.25) is 10.0 Å². The van der Waals surface area contributed by atoms with E-state index in [-0.39, 0.29) is 30.4 Å². The van der Waals surface area contributed by atoms with Gasteiger partial charge in [-0.05, 0) is 12.1 Å². The van der Waals surface area contributed by atoms with Gasteiger partial charge in [-0.2, -0.15) is 9.40 Å². The summed E-state index contributed by atoms with van der Waals surface area (Å²) in [6.07, 6.45) is 2.81. The minimum Gasteiger partial charge on any atom is -0.383 e. The maximum absolute atomic E-state index is 12.6. The monoisotopic (exact) mass is 311 g/mol. The zero-order valence-electron chi connectivity index (χ0n) is 11.6. The highest BCUT2D eigenvalue weighted by Gasteiger charge is 2.28. The van der Waals surface area contributed by atoms with Crippen molar-refractivity contribution in [3.63, 3.8) is 0 Å². The third kappa shape index (κ3) is 3.57. The van der Waals surface area contributed by atoms with Crippen LogP contribution in [0.25, 0.3) is 0 Å². The number of nitrogen functional groups attached to an aromatic ring is 1. The van der Waals surface area contributed by atoms with Gasteiger partial charge in [0, 0.05) is 19.9 Å². The molecule has 0 bridgehead atoms. The van der Waals surface area contributed by atoms with E-state index >= 15 is 0 Å². The van der Waals surface area contributed by atoms with E-state index in [0.717, 1.165) is 0 Å². The van der Waals surface area contributed by atoms with Crippen LogP contribution < -0.4 is 5.73 Å². The number of aromatic nitrogens is 3. The molecule has 114 valence electrons. The molecule has 0 spiro atoms. The highest BCUT2D eigenvalue weighted by atomic mass is 32.2. The van der Waals surface area contributed by atoms with Gasteiger partial charge in [0.15, 0.2) is 0 Å². The number of rotatable bonds is 7. The van der Waals surface area contributed by atoms with Gasteiger partial charge in [-0.15, -0.1) is 0 Å². The molecule has 21 heavy (non-hydrogen) atoms. The molecule has 2 aromatic rings. The number of nitrogens with zero attached hydrogens (tertiary/aromatic N) is 3. The Balaban J connectivity index is 2.29. The lowest BCUT2D eigenvalue weighted by Crippen LogP contribution is -2.34. The van der Waals surface area contributed by atoms with Crippen molar-refractivity contribution in [1.82, 2.24) is 19.5 Å². The van der Waals surface area contributed by atoms with E-state index in [1.165, 1.54) is 17.6 Å². The molecule has 2 heterocycles. The first-order chi connectivity index (χ1) is 10.1. The molecule has 0 saturated carbocycles. The third-order valence-electron chi connectivity index (χ3n) is 2.86. The third-order valence-corrected chi connectivity index (χ3v) is 4.73. The van der Waals surface area contributed by atoms with Crippen LogP contribution in [-0.4, -0.2) is 48.2 Å². The van der Waals surface area contributed by atoms with Crippen molar-refractivity contribution in [3.05, 3.63) is 36.3 Å². The fraction of sp³-hybridized carbons (Fsp3) is 0.333. The van der Waals surface area contributed by atoms with Crippen LogP contribution >= 0.6 is 0 Å². The van der Waals surface area contributed by atoms with Gasteiger partial charge >= 0.3 is 0 Å². The summed E-state index contributed by atoms with van der Waals surface area (Å²) in [6, 6.07) is 5.33. The Labute approximate surface area is 123 Å². The summed E-state index contributed by atoms with van der Waals surface area (Å²) >= 11 is 0. The first-order valence-corrected chi connectivity index (χ1v) is 7.67. The minimum atomic E-state index is -3.76. The molecular weight excluding hydrogens is 294 g/mol. The van der Waals surface area contributed by atoms with Crippen LogP contribution in [0, 0.1) is 0 Å². The van der Waals surface area contributed by atoms with Crippen molar-refractivity contribution in [2.75, 3.05) is 26.0 Å². The van der Waals surface area contributed by atoms with Gasteiger partial charge in [-0.1, -0.05) is 6.07 Å². The van der Waals surface area contributed by atoms with Gasteiger partial charge < -0.3 is 10.5 Å². The molecule has 9 heteroatoms. The van der Waals surface area contributed by atoms with E-state index < -0.39 is 10.0 Å². The van der Waals surface area contributed by atoms with E-state index in [0.29, 0.717) is 5.69 Å². The Hall–Kier alpha value is -1.97. The van der Waals surface area contributed by atoms with Gasteiger partial charge in [-0.3, -0.25) is 10.1 Å². The van der Waals surface area contributed by atoms with Crippen LogP contribution in [0.15, 0.2) is 35.5 Å². The van der Waals surface area contributed by atoms with Crippen LogP contribution in [-0.2, 0) is 21.3 Å². The summed E-state index contributed by atoms with van der Waals surface area (Å²) < 4.78 is 31.5. The van der Waals surface area contributed by atoms with E-state index in [4.69, 9.17) is 10.5 Å². The van der Waals surface area contributed by atoms with Crippen molar-refractivity contribution in [3.8, 4) is 0 Å². The van der Waals surface area contributed by atoms with Gasteiger partial charge in [0.05, 0.1) is 25.0 Å². The standard InChI is InChI=1S/C12H17N5O3S/c1-20-7-6-17(9-10-4-2-3-5-14-10)21(18,19)11-8-15-16-12(11)13/h2-5,8H,6-7,9H2,1H3,(H3,13,15,16). The summed E-state index contributed by atoms with van der Waals surface area (Å²) in [5.41, 5.74) is 6.25. The normalized spacial score (nSPS) is 11.9. The highest BCUT2D eigenvalue weighted by Crippen LogP contribution is 2.21. The van der Waals surface area contributed by atoms with E-state index in [1.807, 2.05) is 0 Å². The SMILES string of the molecule is COCCN(Cc1ccccn1)S(=O)(=O)c1cn[nH]c1N. The highest BCUT2D eigenvalue weighted by molar-refractivity contribution is 7.89. The van der Waals surface area contributed by atoms with Crippen LogP contribution in [0.5, 0.6) is 0 Å². The maximum atomic E-state index is 12.6. The number of aromatic amines is 1. The van der Waals surface area contributed by atoms with Gasteiger partial charge in [0.25, 0.3) is 0 Å². The summed E-state index contributed by atoms with van der Waals surface area (Å²) in [5, 5.41) is 6.08. The molecule has 0 aliphatic carbocycles. The number of H-pyrrole nitrogens is 1. The Bertz CT molecular complexity index is 671. The van der Waals surface area contributed by atoms with Crippen LogP contribution in [0.1, 0.15) is 5.69 Å². The zero-order valence-corrected chi connectivity index (χ0v) is 12.4. The maximum Gasteiger partial charge on any atom is 0.248 e. The van der Waals surface area contributed by atoms with Gasteiger partial charge in [0.1, 0.15) is 10.7 Å². The number of sulfonamides is 1. The molecule has 0 saturated heterocycles. The van der Waals surface area contributed by atoms with E-state index in [1.54, 1.807) is 24.4 Å². The molecule has 0 fully saturated rings. The Morgan fingerprint density at radius 1 is 1.43 bits per heavy atom. The summed E-state index contributed by atoms with van der Waals surface area (Å²) in [6.45, 7) is 0.598. The molecule has 0 unspecified atom stereocenters.